The Labute approximate surface area is 81.1 Å². The summed E-state index contributed by atoms with van der Waals surface area (Å²) >= 11 is 5.87. The van der Waals surface area contributed by atoms with E-state index in [0.717, 1.165) is 17.6 Å². The summed E-state index contributed by atoms with van der Waals surface area (Å²) in [5.74, 6) is 0.541. The van der Waals surface area contributed by atoms with Crippen LogP contribution in [0.4, 0.5) is 5.95 Å². The van der Waals surface area contributed by atoms with Crippen LogP contribution >= 0.6 is 11.6 Å². The first kappa shape index (κ1) is 8.38. The van der Waals surface area contributed by atoms with E-state index in [4.69, 9.17) is 17.3 Å². The first-order valence-electron chi connectivity index (χ1n) is 4.13. The van der Waals surface area contributed by atoms with Gasteiger partial charge in [-0.25, -0.2) is 4.98 Å². The lowest BCUT2D eigenvalue weighted by molar-refractivity contribution is 0.800. The maximum Gasteiger partial charge on any atom is 0.201 e. The molecule has 0 saturated carbocycles. The molecule has 0 aliphatic carbocycles. The number of anilines is 1. The molecule has 2 N–H and O–H groups in total. The number of rotatable bonds is 1. The number of benzene rings is 1. The van der Waals surface area contributed by atoms with Crippen molar-refractivity contribution in [2.24, 2.45) is 0 Å². The lowest BCUT2D eigenvalue weighted by atomic mass is 10.3. The summed E-state index contributed by atoms with van der Waals surface area (Å²) in [6.45, 7) is 2.83. The summed E-state index contributed by atoms with van der Waals surface area (Å²) in [6, 6.07) is 5.57. The predicted octanol–water partition coefficient (Wildman–Crippen LogP) is 2.29. The fraction of sp³-hybridized carbons (Fsp3) is 0.222. The monoisotopic (exact) mass is 195 g/mol. The molecule has 0 spiro atoms. The number of hydrogen-bond donors (Lipinski definition) is 1. The van der Waals surface area contributed by atoms with Crippen molar-refractivity contribution in [3.05, 3.63) is 23.2 Å². The van der Waals surface area contributed by atoms with Gasteiger partial charge in [0.1, 0.15) is 0 Å². The Bertz CT molecular complexity index is 447. The van der Waals surface area contributed by atoms with Gasteiger partial charge in [0.15, 0.2) is 0 Å². The van der Waals surface area contributed by atoms with Crippen LogP contribution in [0.2, 0.25) is 5.02 Å². The minimum Gasteiger partial charge on any atom is -0.369 e. The molecule has 0 saturated heterocycles. The molecular weight excluding hydrogens is 186 g/mol. The van der Waals surface area contributed by atoms with Crippen LogP contribution in [0.5, 0.6) is 0 Å². The van der Waals surface area contributed by atoms with E-state index >= 15 is 0 Å². The second-order valence-electron chi connectivity index (χ2n) is 2.85. The fourth-order valence-electron chi connectivity index (χ4n) is 1.45. The van der Waals surface area contributed by atoms with Gasteiger partial charge in [-0.15, -0.1) is 0 Å². The summed E-state index contributed by atoms with van der Waals surface area (Å²) < 4.78 is 1.93. The highest BCUT2D eigenvalue weighted by atomic mass is 35.5. The Morgan fingerprint density at radius 1 is 1.54 bits per heavy atom. The highest BCUT2D eigenvalue weighted by molar-refractivity contribution is 6.31. The van der Waals surface area contributed by atoms with Gasteiger partial charge < -0.3 is 10.3 Å². The standard InChI is InChI=1S/C9H10ClN3/c1-2-13-8-5-6(10)3-4-7(8)12-9(13)11/h3-5H,2H2,1H3,(H2,11,12). The molecule has 13 heavy (non-hydrogen) atoms. The van der Waals surface area contributed by atoms with Gasteiger partial charge in [0.05, 0.1) is 11.0 Å². The Hall–Kier alpha value is -1.22. The van der Waals surface area contributed by atoms with E-state index in [1.165, 1.54) is 0 Å². The van der Waals surface area contributed by atoms with Crippen molar-refractivity contribution in [3.63, 3.8) is 0 Å². The van der Waals surface area contributed by atoms with Gasteiger partial charge in [-0.2, -0.15) is 0 Å². The van der Waals surface area contributed by atoms with Crippen LogP contribution in [-0.4, -0.2) is 9.55 Å². The molecule has 0 unspecified atom stereocenters. The molecule has 3 nitrogen and oxygen atoms in total. The largest absolute Gasteiger partial charge is 0.369 e. The number of halogens is 1. The number of aromatic nitrogens is 2. The molecule has 0 aliphatic rings. The number of fused-ring (bicyclic) bond motifs is 1. The third kappa shape index (κ3) is 1.25. The highest BCUT2D eigenvalue weighted by Crippen LogP contribution is 2.21. The van der Waals surface area contributed by atoms with E-state index < -0.39 is 0 Å². The minimum atomic E-state index is 0.541. The topological polar surface area (TPSA) is 43.8 Å². The van der Waals surface area contributed by atoms with Gasteiger partial charge in [-0.1, -0.05) is 11.6 Å². The molecular formula is C9H10ClN3. The first-order valence-corrected chi connectivity index (χ1v) is 4.51. The second kappa shape index (κ2) is 2.92. The SMILES string of the molecule is CCn1c(N)nc2ccc(Cl)cc21. The molecule has 0 bridgehead atoms. The smallest absolute Gasteiger partial charge is 0.201 e. The van der Waals surface area contributed by atoms with Gasteiger partial charge >= 0.3 is 0 Å². The van der Waals surface area contributed by atoms with E-state index in [9.17, 15) is 0 Å². The molecule has 1 aromatic carbocycles. The van der Waals surface area contributed by atoms with Crippen molar-refractivity contribution < 1.29 is 0 Å². The van der Waals surface area contributed by atoms with Crippen molar-refractivity contribution >= 4 is 28.6 Å². The molecule has 1 aromatic heterocycles. The maximum absolute atomic E-state index is 5.87. The summed E-state index contributed by atoms with van der Waals surface area (Å²) in [4.78, 5) is 4.21. The molecule has 4 heteroatoms. The third-order valence-electron chi connectivity index (χ3n) is 2.06. The normalized spacial score (nSPS) is 10.9. The minimum absolute atomic E-state index is 0.541. The summed E-state index contributed by atoms with van der Waals surface area (Å²) in [5, 5.41) is 0.710. The third-order valence-corrected chi connectivity index (χ3v) is 2.29. The Kier molecular flexibility index (Phi) is 1.88. The van der Waals surface area contributed by atoms with Gasteiger partial charge in [-0.05, 0) is 25.1 Å². The molecule has 0 fully saturated rings. The van der Waals surface area contributed by atoms with Crippen LogP contribution < -0.4 is 5.73 Å². The van der Waals surface area contributed by atoms with E-state index in [2.05, 4.69) is 4.98 Å². The van der Waals surface area contributed by atoms with E-state index in [0.29, 0.717) is 11.0 Å². The van der Waals surface area contributed by atoms with Crippen molar-refractivity contribution in [1.29, 1.82) is 0 Å². The van der Waals surface area contributed by atoms with Crippen LogP contribution in [0.3, 0.4) is 0 Å². The predicted molar refractivity (Wildman–Crippen MR) is 54.8 cm³/mol. The summed E-state index contributed by atoms with van der Waals surface area (Å²) in [6.07, 6.45) is 0. The van der Waals surface area contributed by atoms with Crippen molar-refractivity contribution in [1.82, 2.24) is 9.55 Å². The number of hydrogen-bond acceptors (Lipinski definition) is 2. The van der Waals surface area contributed by atoms with Gasteiger partial charge in [-0.3, -0.25) is 0 Å². The zero-order valence-corrected chi connectivity index (χ0v) is 8.04. The molecule has 0 atom stereocenters. The van der Waals surface area contributed by atoms with Gasteiger partial charge in [0, 0.05) is 11.6 Å². The number of imidazole rings is 1. The zero-order chi connectivity index (χ0) is 9.42. The molecule has 2 rings (SSSR count). The van der Waals surface area contributed by atoms with Gasteiger partial charge in [0.25, 0.3) is 0 Å². The average Bonchev–Trinajstić information content (AvgIpc) is 2.40. The first-order chi connectivity index (χ1) is 6.22. The lowest BCUT2D eigenvalue weighted by Crippen LogP contribution is -2.00. The maximum atomic E-state index is 5.87. The molecule has 0 aliphatic heterocycles. The quantitative estimate of drug-likeness (QED) is 0.759. The Morgan fingerprint density at radius 2 is 2.31 bits per heavy atom. The Morgan fingerprint density at radius 3 is 3.00 bits per heavy atom. The fourth-order valence-corrected chi connectivity index (χ4v) is 1.61. The molecule has 2 aromatic rings. The van der Waals surface area contributed by atoms with E-state index in [-0.39, 0.29) is 0 Å². The van der Waals surface area contributed by atoms with Crippen LogP contribution in [0.25, 0.3) is 11.0 Å². The summed E-state index contributed by atoms with van der Waals surface area (Å²) in [7, 11) is 0. The van der Waals surface area contributed by atoms with Crippen molar-refractivity contribution in [2.45, 2.75) is 13.5 Å². The number of aryl methyl sites for hydroxylation is 1. The molecule has 68 valence electrons. The van der Waals surface area contributed by atoms with Crippen LogP contribution in [-0.2, 0) is 6.54 Å². The van der Waals surface area contributed by atoms with Crippen LogP contribution in [0, 0.1) is 0 Å². The van der Waals surface area contributed by atoms with E-state index in [1.54, 1.807) is 0 Å². The Balaban J connectivity index is 2.80. The molecule has 0 radical (unpaired) electrons. The lowest BCUT2D eigenvalue weighted by Gasteiger charge is -2.00. The van der Waals surface area contributed by atoms with Crippen molar-refractivity contribution in [2.75, 3.05) is 5.73 Å². The number of nitrogens with two attached hydrogens (primary N) is 1. The molecule has 0 amide bonds. The number of nitrogen functional groups attached to an aromatic ring is 1. The number of nitrogens with zero attached hydrogens (tertiary/aromatic N) is 2. The average molecular weight is 196 g/mol. The van der Waals surface area contributed by atoms with E-state index in [1.807, 2.05) is 29.7 Å². The van der Waals surface area contributed by atoms with Crippen LogP contribution in [0.15, 0.2) is 18.2 Å². The highest BCUT2D eigenvalue weighted by Gasteiger charge is 2.05. The summed E-state index contributed by atoms with van der Waals surface area (Å²) in [5.41, 5.74) is 7.61. The molecule has 1 heterocycles. The van der Waals surface area contributed by atoms with Crippen LogP contribution in [0.1, 0.15) is 6.92 Å². The van der Waals surface area contributed by atoms with Gasteiger partial charge in [0.2, 0.25) is 5.95 Å². The zero-order valence-electron chi connectivity index (χ0n) is 7.29. The van der Waals surface area contributed by atoms with Crippen molar-refractivity contribution in [3.8, 4) is 0 Å². The second-order valence-corrected chi connectivity index (χ2v) is 3.28.